The molecule has 102 valence electrons. The first-order chi connectivity index (χ1) is 10.3. The Labute approximate surface area is 121 Å². The molecule has 3 aromatic rings. The van der Waals surface area contributed by atoms with E-state index in [2.05, 4.69) is 21.6 Å². The number of aromatic nitrogens is 2. The molecule has 0 spiro atoms. The summed E-state index contributed by atoms with van der Waals surface area (Å²) in [6, 6.07) is 18.9. The summed E-state index contributed by atoms with van der Waals surface area (Å²) in [6.07, 6.45) is 0. The standard InChI is InChI=1S/C16H12N4O/c17-10-12-6-8-14(9-7-12)18-11-15-19-20-16(21-15)13-4-2-1-3-5-13/h1-9,18H,11H2. The lowest BCUT2D eigenvalue weighted by atomic mass is 10.2. The van der Waals surface area contributed by atoms with Crippen molar-refractivity contribution >= 4 is 5.69 Å². The molecule has 0 atom stereocenters. The van der Waals surface area contributed by atoms with Gasteiger partial charge in [-0.25, -0.2) is 0 Å². The normalized spacial score (nSPS) is 10.0. The second kappa shape index (κ2) is 5.88. The highest BCUT2D eigenvalue weighted by molar-refractivity contribution is 5.52. The largest absolute Gasteiger partial charge is 0.419 e. The minimum Gasteiger partial charge on any atom is -0.419 e. The van der Waals surface area contributed by atoms with E-state index < -0.39 is 0 Å². The molecule has 5 heteroatoms. The minimum atomic E-state index is 0.436. The molecular weight excluding hydrogens is 264 g/mol. The van der Waals surface area contributed by atoms with Crippen molar-refractivity contribution in [2.45, 2.75) is 6.54 Å². The molecule has 0 saturated heterocycles. The molecule has 21 heavy (non-hydrogen) atoms. The molecule has 1 heterocycles. The minimum absolute atomic E-state index is 0.436. The Kier molecular flexibility index (Phi) is 3.61. The second-order valence-corrected chi connectivity index (χ2v) is 4.41. The van der Waals surface area contributed by atoms with Crippen LogP contribution >= 0.6 is 0 Å². The van der Waals surface area contributed by atoms with Crippen LogP contribution in [0.2, 0.25) is 0 Å². The van der Waals surface area contributed by atoms with E-state index in [4.69, 9.17) is 9.68 Å². The van der Waals surface area contributed by atoms with Gasteiger partial charge in [0.25, 0.3) is 0 Å². The SMILES string of the molecule is N#Cc1ccc(NCc2nnc(-c3ccccc3)o2)cc1. The van der Waals surface area contributed by atoms with E-state index in [1.807, 2.05) is 42.5 Å². The molecule has 0 fully saturated rings. The average Bonchev–Trinajstić information content (AvgIpc) is 3.03. The molecule has 3 rings (SSSR count). The van der Waals surface area contributed by atoms with E-state index in [1.165, 1.54) is 0 Å². The van der Waals surface area contributed by atoms with E-state index >= 15 is 0 Å². The molecule has 1 aromatic heterocycles. The van der Waals surface area contributed by atoms with Crippen LogP contribution in [0.25, 0.3) is 11.5 Å². The van der Waals surface area contributed by atoms with Gasteiger partial charge in [-0.2, -0.15) is 5.26 Å². The van der Waals surface area contributed by atoms with Gasteiger partial charge in [-0.1, -0.05) is 18.2 Å². The number of benzene rings is 2. The molecule has 5 nitrogen and oxygen atoms in total. The maximum Gasteiger partial charge on any atom is 0.247 e. The van der Waals surface area contributed by atoms with E-state index in [1.54, 1.807) is 12.1 Å². The molecule has 2 aromatic carbocycles. The molecular formula is C16H12N4O. The highest BCUT2D eigenvalue weighted by Crippen LogP contribution is 2.17. The molecule has 0 unspecified atom stereocenters. The van der Waals surface area contributed by atoms with Crippen molar-refractivity contribution in [3.05, 3.63) is 66.1 Å². The van der Waals surface area contributed by atoms with Gasteiger partial charge in [-0.05, 0) is 36.4 Å². The van der Waals surface area contributed by atoms with Crippen molar-refractivity contribution in [2.75, 3.05) is 5.32 Å². The molecule has 0 aliphatic rings. The predicted octanol–water partition coefficient (Wildman–Crippen LogP) is 3.22. The summed E-state index contributed by atoms with van der Waals surface area (Å²) >= 11 is 0. The van der Waals surface area contributed by atoms with Crippen LogP contribution in [0.1, 0.15) is 11.5 Å². The van der Waals surface area contributed by atoms with Gasteiger partial charge in [0.15, 0.2) is 0 Å². The fourth-order valence-corrected chi connectivity index (χ4v) is 1.86. The van der Waals surface area contributed by atoms with E-state index in [-0.39, 0.29) is 0 Å². The summed E-state index contributed by atoms with van der Waals surface area (Å²) in [5.41, 5.74) is 2.42. The zero-order valence-corrected chi connectivity index (χ0v) is 11.2. The molecule has 1 N–H and O–H groups in total. The number of anilines is 1. The molecule has 0 aliphatic heterocycles. The first kappa shape index (κ1) is 12.9. The fourth-order valence-electron chi connectivity index (χ4n) is 1.86. The van der Waals surface area contributed by atoms with Gasteiger partial charge in [0, 0.05) is 11.3 Å². The van der Waals surface area contributed by atoms with Crippen LogP contribution in [0.15, 0.2) is 59.0 Å². The van der Waals surface area contributed by atoms with Crippen LogP contribution in [0.3, 0.4) is 0 Å². The number of hydrogen-bond acceptors (Lipinski definition) is 5. The lowest BCUT2D eigenvalue weighted by Gasteiger charge is -2.02. The lowest BCUT2D eigenvalue weighted by molar-refractivity contribution is 0.515. The van der Waals surface area contributed by atoms with Gasteiger partial charge in [-0.3, -0.25) is 0 Å². The predicted molar refractivity (Wildman–Crippen MR) is 78.2 cm³/mol. The monoisotopic (exact) mass is 276 g/mol. The van der Waals surface area contributed by atoms with Crippen molar-refractivity contribution in [1.29, 1.82) is 5.26 Å². The van der Waals surface area contributed by atoms with Gasteiger partial charge in [-0.15, -0.1) is 10.2 Å². The Hall–Kier alpha value is -3.13. The number of hydrogen-bond donors (Lipinski definition) is 1. The first-order valence-corrected chi connectivity index (χ1v) is 6.47. The maximum absolute atomic E-state index is 8.74. The van der Waals surface area contributed by atoms with Gasteiger partial charge in [0.2, 0.25) is 11.8 Å². The summed E-state index contributed by atoms with van der Waals surface area (Å²) in [5, 5.41) is 20.0. The molecule has 0 saturated carbocycles. The summed E-state index contributed by atoms with van der Waals surface area (Å²) in [4.78, 5) is 0. The topological polar surface area (TPSA) is 74.7 Å². The van der Waals surface area contributed by atoms with Gasteiger partial charge in [0.1, 0.15) is 0 Å². The highest BCUT2D eigenvalue weighted by atomic mass is 16.4. The maximum atomic E-state index is 8.74. The smallest absolute Gasteiger partial charge is 0.247 e. The fraction of sp³-hybridized carbons (Fsp3) is 0.0625. The Balaban J connectivity index is 1.66. The number of nitrogens with zero attached hydrogens (tertiary/aromatic N) is 3. The van der Waals surface area contributed by atoms with Crippen LogP contribution < -0.4 is 5.32 Å². The van der Waals surface area contributed by atoms with E-state index in [0.29, 0.717) is 23.9 Å². The number of nitriles is 1. The molecule has 0 radical (unpaired) electrons. The van der Waals surface area contributed by atoms with Crippen molar-refractivity contribution in [3.8, 4) is 17.5 Å². The number of rotatable bonds is 4. The Morgan fingerprint density at radius 3 is 2.48 bits per heavy atom. The van der Waals surface area contributed by atoms with Crippen molar-refractivity contribution < 1.29 is 4.42 Å². The Morgan fingerprint density at radius 1 is 1.00 bits per heavy atom. The quantitative estimate of drug-likeness (QED) is 0.791. The molecule has 0 amide bonds. The highest BCUT2D eigenvalue weighted by Gasteiger charge is 2.07. The third kappa shape index (κ3) is 3.07. The van der Waals surface area contributed by atoms with Crippen LogP contribution in [0, 0.1) is 11.3 Å². The van der Waals surface area contributed by atoms with Gasteiger partial charge < -0.3 is 9.73 Å². The summed E-state index contributed by atoms with van der Waals surface area (Å²) in [6.45, 7) is 0.436. The number of nitrogens with one attached hydrogen (secondary N) is 1. The first-order valence-electron chi connectivity index (χ1n) is 6.47. The molecule has 0 aliphatic carbocycles. The average molecular weight is 276 g/mol. The third-order valence-electron chi connectivity index (χ3n) is 2.95. The van der Waals surface area contributed by atoms with Gasteiger partial charge >= 0.3 is 0 Å². The zero-order chi connectivity index (χ0) is 14.5. The summed E-state index contributed by atoms with van der Waals surface area (Å²) in [7, 11) is 0. The van der Waals surface area contributed by atoms with Crippen LogP contribution in [-0.2, 0) is 6.54 Å². The van der Waals surface area contributed by atoms with Gasteiger partial charge in [0.05, 0.1) is 18.2 Å². The zero-order valence-electron chi connectivity index (χ0n) is 11.2. The Morgan fingerprint density at radius 2 is 1.76 bits per heavy atom. The second-order valence-electron chi connectivity index (χ2n) is 4.41. The van der Waals surface area contributed by atoms with Crippen molar-refractivity contribution in [2.24, 2.45) is 0 Å². The lowest BCUT2D eigenvalue weighted by Crippen LogP contribution is -1.99. The van der Waals surface area contributed by atoms with Crippen molar-refractivity contribution in [3.63, 3.8) is 0 Å². The summed E-state index contributed by atoms with van der Waals surface area (Å²) in [5.74, 6) is 1.02. The third-order valence-corrected chi connectivity index (χ3v) is 2.95. The van der Waals surface area contributed by atoms with E-state index in [9.17, 15) is 0 Å². The van der Waals surface area contributed by atoms with Crippen LogP contribution in [0.5, 0.6) is 0 Å². The molecule has 0 bridgehead atoms. The van der Waals surface area contributed by atoms with Crippen molar-refractivity contribution in [1.82, 2.24) is 10.2 Å². The van der Waals surface area contributed by atoms with E-state index in [0.717, 1.165) is 11.3 Å². The Bertz CT molecular complexity index is 757. The van der Waals surface area contributed by atoms with Crippen LogP contribution in [0.4, 0.5) is 5.69 Å². The van der Waals surface area contributed by atoms with Crippen LogP contribution in [-0.4, -0.2) is 10.2 Å². The summed E-state index contributed by atoms with van der Waals surface area (Å²) < 4.78 is 5.60.